The highest BCUT2D eigenvalue weighted by molar-refractivity contribution is 5.71. The molecular weight excluding hydrogens is 142 g/mol. The van der Waals surface area contributed by atoms with Crippen LogP contribution in [-0.4, -0.2) is 38.1 Å². The van der Waals surface area contributed by atoms with Crippen LogP contribution >= 0.6 is 0 Å². The van der Waals surface area contributed by atoms with Gasteiger partial charge in [0.05, 0.1) is 0 Å². The van der Waals surface area contributed by atoms with Gasteiger partial charge in [0, 0.05) is 10.0 Å². The van der Waals surface area contributed by atoms with Crippen LogP contribution in [0, 0.1) is 0 Å². The summed E-state index contributed by atoms with van der Waals surface area (Å²) in [5.74, 6) is 0. The van der Waals surface area contributed by atoms with E-state index >= 15 is 0 Å². The van der Waals surface area contributed by atoms with E-state index in [1.54, 1.807) is 5.73 Å². The zero-order valence-corrected chi connectivity index (χ0v) is 7.18. The molecule has 1 aliphatic heterocycles. The molecule has 0 spiro atoms. The molecule has 0 bridgehead atoms. The van der Waals surface area contributed by atoms with Crippen molar-refractivity contribution in [1.29, 1.82) is 0 Å². The number of hydrogen-bond acceptors (Lipinski definition) is 2. The molecule has 1 saturated heterocycles. The summed E-state index contributed by atoms with van der Waals surface area (Å²) in [6.07, 6.45) is 2.83. The second kappa shape index (κ2) is 5.97. The summed E-state index contributed by atoms with van der Waals surface area (Å²) in [6, 6.07) is -0.491. The van der Waals surface area contributed by atoms with Crippen LogP contribution in [0.15, 0.2) is 0 Å². The highest BCUT2D eigenvalue weighted by Gasteiger charge is 2.03. The zero-order valence-electron chi connectivity index (χ0n) is 10.2. The van der Waals surface area contributed by atoms with Crippen LogP contribution in [-0.2, 0) is 0 Å². The smallest absolute Gasteiger partial charge is 0.311 e. The lowest BCUT2D eigenvalue weighted by Crippen LogP contribution is -2.24. The Morgan fingerprint density at radius 3 is 2.45 bits per heavy atom. The Hall–Kier alpha value is -0.770. The predicted octanol–water partition coefficient (Wildman–Crippen LogP) is 0.243. The van der Waals surface area contributed by atoms with Gasteiger partial charge in [-0.15, -0.1) is 0 Å². The number of nitrogens with two attached hydrogens (primary N) is 1. The average Bonchev–Trinajstić information content (AvgIpc) is 2.72. The number of carbonyl (C=O) groups excluding carboxylic acids is 1. The lowest BCUT2D eigenvalue weighted by Gasteiger charge is -2.01. The van der Waals surface area contributed by atoms with Gasteiger partial charge in [-0.05, 0) is 33.0 Å². The fraction of sp³-hybridized carbons (Fsp3) is 0.857. The Kier molecular flexibility index (Phi) is 3.75. The van der Waals surface area contributed by atoms with Crippen molar-refractivity contribution >= 4 is 6.03 Å². The average molecular weight is 167 g/mol. The second-order valence-corrected chi connectivity index (χ2v) is 2.59. The summed E-state index contributed by atoms with van der Waals surface area (Å²) in [4.78, 5) is 12.1. The lowest BCUT2D eigenvalue weighted by molar-refractivity contribution is 0.251. The summed E-state index contributed by atoms with van der Waals surface area (Å²) in [7, 11) is 3.62. The zero-order chi connectivity index (χ0) is 11.4. The summed E-state index contributed by atoms with van der Waals surface area (Å²) < 4.78 is 16.1. The molecule has 0 aromatic rings. The van der Waals surface area contributed by atoms with E-state index in [-0.39, 0.29) is 0 Å². The van der Waals surface area contributed by atoms with Crippen LogP contribution < -0.4 is 11.0 Å². The van der Waals surface area contributed by atoms with Crippen molar-refractivity contribution in [2.45, 2.75) is 12.8 Å². The summed E-state index contributed by atoms with van der Waals surface area (Å²) in [6.45, 7) is 2.64. The van der Waals surface area contributed by atoms with E-state index in [0.29, 0.717) is 0 Å². The van der Waals surface area contributed by atoms with Gasteiger partial charge in [0.2, 0.25) is 0 Å². The highest BCUT2D eigenvalue weighted by atomic mass is 16.2. The quantitative estimate of drug-likeness (QED) is 0.543. The number of carbonyl (C=O) groups is 1. The Labute approximate surface area is 72.3 Å². The molecule has 0 saturated carbocycles. The van der Waals surface area contributed by atoms with E-state index in [0.717, 1.165) is 0 Å². The molecule has 1 aliphatic rings. The fourth-order valence-electron chi connectivity index (χ4n) is 0.875. The summed E-state index contributed by atoms with van der Waals surface area (Å²) >= 11 is 0. The van der Waals surface area contributed by atoms with Crippen LogP contribution in [0.1, 0.15) is 15.8 Å². The molecule has 2 amide bonds. The molecule has 0 aromatic carbocycles. The maximum atomic E-state index is 9.77. The third-order valence-corrected chi connectivity index (χ3v) is 1.56. The van der Waals surface area contributed by atoms with Crippen molar-refractivity contribution in [3.05, 3.63) is 0 Å². The van der Waals surface area contributed by atoms with E-state index < -0.39 is 6.03 Å². The maximum absolute atomic E-state index is 9.77. The first-order valence-electron chi connectivity index (χ1n) is 5.28. The van der Waals surface area contributed by atoms with Crippen molar-refractivity contribution in [1.82, 2.24) is 10.2 Å². The molecule has 0 aliphatic carbocycles. The Bertz CT molecular complexity index is 125. The first-order valence-corrected chi connectivity index (χ1v) is 3.78. The van der Waals surface area contributed by atoms with E-state index in [9.17, 15) is 4.79 Å². The van der Waals surface area contributed by atoms with Crippen LogP contribution in [0.5, 0.6) is 0 Å². The summed E-state index contributed by atoms with van der Waals surface area (Å²) in [5.41, 5.74) is 1.61. The van der Waals surface area contributed by atoms with Crippen molar-refractivity contribution in [3.8, 4) is 0 Å². The van der Waals surface area contributed by atoms with Crippen molar-refractivity contribution in [2.24, 2.45) is 5.73 Å². The molecular formula is C7H19N3O. The van der Waals surface area contributed by atoms with Crippen molar-refractivity contribution < 1.29 is 9.18 Å². The van der Waals surface area contributed by atoms with E-state index in [1.165, 1.54) is 33.0 Å². The minimum absolute atomic E-state index is 0.491. The molecule has 1 fully saturated rings. The number of nitrogens with one attached hydrogen (secondary N) is 1. The monoisotopic (exact) mass is 167 g/mol. The molecule has 0 unspecified atom stereocenters. The number of likely N-dealkylation sites (tertiary alicyclic amines) is 1. The Morgan fingerprint density at radius 1 is 1.82 bits per heavy atom. The number of amides is 2. The number of primary amides is 1. The maximum Gasteiger partial charge on any atom is 0.311 e. The summed E-state index contributed by atoms with van der Waals surface area (Å²) in [5, 5.41) is 2.18. The van der Waals surface area contributed by atoms with Crippen LogP contribution in [0.4, 0.5) is 4.79 Å². The number of urea groups is 1. The molecule has 0 atom stereocenters. The van der Waals surface area contributed by atoms with Gasteiger partial charge in [-0.25, -0.2) is 4.79 Å². The van der Waals surface area contributed by atoms with E-state index in [1.807, 2.05) is 0 Å². The van der Waals surface area contributed by atoms with Gasteiger partial charge in [-0.2, -0.15) is 0 Å². The Morgan fingerprint density at radius 2 is 2.36 bits per heavy atom. The molecule has 0 aromatic heterocycles. The van der Waals surface area contributed by atoms with Crippen molar-refractivity contribution in [2.75, 3.05) is 27.2 Å². The molecule has 11 heavy (non-hydrogen) atoms. The highest BCUT2D eigenvalue weighted by Crippen LogP contribution is 2.01. The van der Waals surface area contributed by atoms with Gasteiger partial charge in [0.25, 0.3) is 0 Å². The largest absolute Gasteiger partial charge is 0.352 e. The molecule has 3 N–H and O–H groups in total. The van der Waals surface area contributed by atoms with Crippen molar-refractivity contribution in [3.63, 3.8) is 0 Å². The third-order valence-electron chi connectivity index (χ3n) is 1.56. The standard InChI is InChI=1S/C5H11N.C2H6N2O.H2/c1-6-4-2-3-5-6;1-4-2(3)5;/h2-5H2,1H3;1H3,(H3,3,4,5);1H/i;;1+2T/hT. The normalized spacial score (nSPS) is 18.5. The van der Waals surface area contributed by atoms with Crippen LogP contribution in [0.25, 0.3) is 0 Å². The Balaban J connectivity index is 0. The molecule has 0 radical (unpaired) electrons. The predicted molar refractivity (Wildman–Crippen MR) is 47.5 cm³/mol. The number of nitrogens with zero attached hydrogens (tertiary/aromatic N) is 1. The van der Waals surface area contributed by atoms with E-state index in [2.05, 4.69) is 17.3 Å². The minimum Gasteiger partial charge on any atom is -0.352 e. The lowest BCUT2D eigenvalue weighted by atomic mass is 10.4. The van der Waals surface area contributed by atoms with E-state index in [4.69, 9.17) is 4.38 Å². The number of hydrogen-bond donors (Lipinski definition) is 2. The third kappa shape index (κ3) is 7.12. The van der Waals surface area contributed by atoms with Gasteiger partial charge in [0.15, 0.2) is 1.41 Å². The van der Waals surface area contributed by atoms with Crippen LogP contribution in [0.3, 0.4) is 0 Å². The minimum atomic E-state index is -0.491. The fourth-order valence-corrected chi connectivity index (χ4v) is 0.875. The molecule has 1 heterocycles. The van der Waals surface area contributed by atoms with Gasteiger partial charge in [0.1, 0.15) is 0 Å². The van der Waals surface area contributed by atoms with Crippen LogP contribution in [0.2, 0.25) is 1.41 Å². The number of rotatable bonds is 0. The topological polar surface area (TPSA) is 58.4 Å². The SMILES string of the molecule is CN1CCCC1.[3H]NC(=O)NC.[3H][3H]. The van der Waals surface area contributed by atoms with Gasteiger partial charge >= 0.3 is 6.03 Å². The molecule has 1 rings (SSSR count). The van der Waals surface area contributed by atoms with Gasteiger partial charge in [-0.3, -0.25) is 0 Å². The molecule has 4 heteroatoms. The molecule has 4 nitrogen and oxygen atoms in total. The first kappa shape index (κ1) is 6.91. The van der Waals surface area contributed by atoms with Gasteiger partial charge < -0.3 is 15.9 Å². The first-order chi connectivity index (χ1) is 6.70. The molecule has 68 valence electrons. The van der Waals surface area contributed by atoms with Gasteiger partial charge in [-0.1, -0.05) is 0 Å². The second-order valence-electron chi connectivity index (χ2n) is 2.59.